The molecule has 134 valence electrons. The first kappa shape index (κ1) is 20.9. The van der Waals surface area contributed by atoms with E-state index in [-0.39, 0.29) is 36.8 Å². The number of thioether (sulfide) groups is 1. The highest BCUT2D eigenvalue weighted by atomic mass is 35.5. The van der Waals surface area contributed by atoms with Crippen molar-refractivity contribution in [1.82, 2.24) is 19.8 Å². The summed E-state index contributed by atoms with van der Waals surface area (Å²) in [5.41, 5.74) is 0. The summed E-state index contributed by atoms with van der Waals surface area (Å²) in [5, 5.41) is 4.21. The molecule has 0 radical (unpaired) electrons. The number of carbonyl (C=O) groups excluding carboxylic acids is 1. The molecule has 3 rings (SSSR count). The van der Waals surface area contributed by atoms with Gasteiger partial charge in [0.25, 0.3) is 5.91 Å². The van der Waals surface area contributed by atoms with Crippen LogP contribution >= 0.6 is 36.6 Å². The fraction of sp³-hybridized carbons (Fsp3) is 0.467. The van der Waals surface area contributed by atoms with Crippen LogP contribution in [-0.2, 0) is 12.8 Å². The Labute approximate surface area is 158 Å². The van der Waals surface area contributed by atoms with Gasteiger partial charge in [-0.3, -0.25) is 4.79 Å². The van der Waals surface area contributed by atoms with Gasteiger partial charge in [-0.15, -0.1) is 24.8 Å². The lowest BCUT2D eigenvalue weighted by atomic mass is 10.2. The number of halogens is 2. The third-order valence-corrected chi connectivity index (χ3v) is 4.84. The molecule has 24 heavy (non-hydrogen) atoms. The molecule has 0 unspecified atom stereocenters. The highest BCUT2D eigenvalue weighted by Crippen LogP contribution is 2.22. The molecule has 9 heteroatoms. The number of hydrogen-bond donors (Lipinski definition) is 1. The quantitative estimate of drug-likeness (QED) is 0.809. The predicted octanol–water partition coefficient (Wildman–Crippen LogP) is 2.58. The zero-order valence-electron chi connectivity index (χ0n) is 13.6. The van der Waals surface area contributed by atoms with Crippen LogP contribution in [0.3, 0.4) is 0 Å². The molecule has 0 bridgehead atoms. The molecule has 1 aliphatic heterocycles. The van der Waals surface area contributed by atoms with E-state index in [1.54, 1.807) is 24.0 Å². The van der Waals surface area contributed by atoms with Gasteiger partial charge >= 0.3 is 0 Å². The Morgan fingerprint density at radius 3 is 2.92 bits per heavy atom. The number of amides is 1. The Bertz CT molecular complexity index is 661. The van der Waals surface area contributed by atoms with Crippen molar-refractivity contribution >= 4 is 42.5 Å². The van der Waals surface area contributed by atoms with Crippen LogP contribution in [0.15, 0.2) is 34.1 Å². The van der Waals surface area contributed by atoms with E-state index in [0.29, 0.717) is 11.5 Å². The number of rotatable bonds is 4. The van der Waals surface area contributed by atoms with E-state index < -0.39 is 0 Å². The number of imidazole rings is 1. The normalized spacial score (nSPS) is 17.1. The van der Waals surface area contributed by atoms with Crippen LogP contribution in [0, 0.1) is 0 Å². The molecular weight excluding hydrogens is 371 g/mol. The maximum absolute atomic E-state index is 12.5. The van der Waals surface area contributed by atoms with Crippen molar-refractivity contribution in [2.75, 3.05) is 19.6 Å². The van der Waals surface area contributed by atoms with Crippen LogP contribution < -0.4 is 5.32 Å². The summed E-state index contributed by atoms with van der Waals surface area (Å²) in [6.45, 7) is 4.43. The van der Waals surface area contributed by atoms with Gasteiger partial charge in [-0.05, 0) is 19.1 Å². The molecule has 0 saturated carbocycles. The zero-order valence-corrected chi connectivity index (χ0v) is 16.0. The van der Waals surface area contributed by atoms with Gasteiger partial charge in [0.1, 0.15) is 5.76 Å². The maximum atomic E-state index is 12.5. The van der Waals surface area contributed by atoms with Crippen molar-refractivity contribution < 1.29 is 9.21 Å². The number of piperazine rings is 1. The minimum absolute atomic E-state index is 0. The van der Waals surface area contributed by atoms with Gasteiger partial charge < -0.3 is 19.2 Å². The van der Waals surface area contributed by atoms with Crippen molar-refractivity contribution in [3.63, 3.8) is 0 Å². The Morgan fingerprint density at radius 2 is 2.25 bits per heavy atom. The standard InChI is InChI=1S/C15H20N4O2S.2ClH/c1-11-9-16-5-8-19(11)14(20)13-4-3-12(21-13)10-22-15-17-6-7-18(15)2;;/h3-4,6-7,11,16H,5,8-10H2,1-2H3;2*1H/t11-;;/m1../s1. The number of nitrogens with one attached hydrogen (secondary N) is 1. The summed E-state index contributed by atoms with van der Waals surface area (Å²) in [4.78, 5) is 18.6. The lowest BCUT2D eigenvalue weighted by Gasteiger charge is -2.33. The molecule has 0 aromatic carbocycles. The molecule has 1 saturated heterocycles. The Kier molecular flexibility index (Phi) is 8.15. The van der Waals surface area contributed by atoms with E-state index in [4.69, 9.17) is 4.42 Å². The fourth-order valence-electron chi connectivity index (χ4n) is 2.48. The molecule has 1 atom stereocenters. The number of nitrogens with zero attached hydrogens (tertiary/aromatic N) is 3. The Morgan fingerprint density at radius 1 is 1.46 bits per heavy atom. The molecule has 1 fully saturated rings. The first-order valence-corrected chi connectivity index (χ1v) is 8.34. The SMILES string of the molecule is C[C@@H]1CNCCN1C(=O)c1ccc(CSc2nccn2C)o1.Cl.Cl. The van der Waals surface area contributed by atoms with E-state index in [2.05, 4.69) is 10.3 Å². The monoisotopic (exact) mass is 392 g/mol. The summed E-state index contributed by atoms with van der Waals surface area (Å²) < 4.78 is 7.68. The highest BCUT2D eigenvalue weighted by Gasteiger charge is 2.26. The molecule has 1 N–H and O–H groups in total. The van der Waals surface area contributed by atoms with Crippen LogP contribution in [0.1, 0.15) is 23.2 Å². The van der Waals surface area contributed by atoms with Gasteiger partial charge in [-0.1, -0.05) is 11.8 Å². The van der Waals surface area contributed by atoms with Gasteiger partial charge in [-0.2, -0.15) is 0 Å². The molecule has 2 aromatic rings. The fourth-order valence-corrected chi connectivity index (χ4v) is 3.31. The summed E-state index contributed by atoms with van der Waals surface area (Å²) in [6.07, 6.45) is 3.68. The molecule has 0 aliphatic carbocycles. The van der Waals surface area contributed by atoms with Crippen LogP contribution in [0.25, 0.3) is 0 Å². The second-order valence-corrected chi connectivity index (χ2v) is 6.37. The summed E-state index contributed by atoms with van der Waals surface area (Å²) in [6, 6.07) is 3.83. The third kappa shape index (κ3) is 4.69. The average Bonchev–Trinajstić information content (AvgIpc) is 3.14. The van der Waals surface area contributed by atoms with Crippen molar-refractivity contribution in [2.24, 2.45) is 7.05 Å². The molecule has 6 nitrogen and oxygen atoms in total. The molecule has 0 spiro atoms. The van der Waals surface area contributed by atoms with Gasteiger partial charge in [0.15, 0.2) is 10.9 Å². The average molecular weight is 393 g/mol. The van der Waals surface area contributed by atoms with E-state index in [1.807, 2.05) is 35.7 Å². The minimum atomic E-state index is -0.0257. The van der Waals surface area contributed by atoms with Crippen molar-refractivity contribution in [1.29, 1.82) is 0 Å². The van der Waals surface area contributed by atoms with Crippen LogP contribution in [0.4, 0.5) is 0 Å². The van der Waals surface area contributed by atoms with E-state index in [1.165, 1.54) is 0 Å². The lowest BCUT2D eigenvalue weighted by Crippen LogP contribution is -2.52. The maximum Gasteiger partial charge on any atom is 0.289 e. The second-order valence-electron chi connectivity index (χ2n) is 5.43. The van der Waals surface area contributed by atoms with Crippen molar-refractivity contribution in [2.45, 2.75) is 23.9 Å². The number of furan rings is 1. The van der Waals surface area contributed by atoms with Gasteiger partial charge in [0.2, 0.25) is 0 Å². The van der Waals surface area contributed by atoms with Crippen LogP contribution in [0.2, 0.25) is 0 Å². The van der Waals surface area contributed by atoms with E-state index in [0.717, 1.165) is 30.6 Å². The number of carbonyl (C=O) groups is 1. The van der Waals surface area contributed by atoms with Crippen LogP contribution in [-0.4, -0.2) is 46.0 Å². The third-order valence-electron chi connectivity index (χ3n) is 3.76. The molecule has 1 aliphatic rings. The summed E-state index contributed by atoms with van der Waals surface area (Å²) >= 11 is 1.59. The van der Waals surface area contributed by atoms with Gasteiger partial charge in [-0.25, -0.2) is 4.98 Å². The Hall–Kier alpha value is -1.15. The minimum Gasteiger partial charge on any atom is -0.455 e. The molecule has 3 heterocycles. The summed E-state index contributed by atoms with van der Waals surface area (Å²) in [7, 11) is 1.96. The van der Waals surface area contributed by atoms with Gasteiger partial charge in [0.05, 0.1) is 5.75 Å². The number of hydrogen-bond acceptors (Lipinski definition) is 5. The number of aryl methyl sites for hydroxylation is 1. The second kappa shape index (κ2) is 9.36. The molecular formula is C15H22Cl2N4O2S. The first-order valence-electron chi connectivity index (χ1n) is 7.35. The number of aromatic nitrogens is 2. The largest absolute Gasteiger partial charge is 0.455 e. The lowest BCUT2D eigenvalue weighted by molar-refractivity contribution is 0.0621. The predicted molar refractivity (Wildman–Crippen MR) is 99.3 cm³/mol. The van der Waals surface area contributed by atoms with E-state index in [9.17, 15) is 4.79 Å². The van der Waals surface area contributed by atoms with Crippen LogP contribution in [0.5, 0.6) is 0 Å². The van der Waals surface area contributed by atoms with E-state index >= 15 is 0 Å². The van der Waals surface area contributed by atoms with Crippen molar-refractivity contribution in [3.05, 3.63) is 36.0 Å². The summed E-state index contributed by atoms with van der Waals surface area (Å²) in [5.74, 6) is 1.85. The highest BCUT2D eigenvalue weighted by molar-refractivity contribution is 7.98. The topological polar surface area (TPSA) is 63.3 Å². The Balaban J connectivity index is 0.00000144. The zero-order chi connectivity index (χ0) is 15.5. The smallest absolute Gasteiger partial charge is 0.289 e. The van der Waals surface area contributed by atoms with Gasteiger partial charge in [0, 0.05) is 45.1 Å². The van der Waals surface area contributed by atoms with Crippen molar-refractivity contribution in [3.8, 4) is 0 Å². The first-order chi connectivity index (χ1) is 10.6. The molecule has 1 amide bonds. The molecule has 2 aromatic heterocycles.